The molecule has 1 aliphatic rings. The van der Waals surface area contributed by atoms with Gasteiger partial charge in [0.05, 0.1) is 6.61 Å². The Hall–Kier alpha value is -0.810. The smallest absolute Gasteiger partial charge is 0.140 e. The van der Waals surface area contributed by atoms with Crippen LogP contribution < -0.4 is 11.1 Å². The summed E-state index contributed by atoms with van der Waals surface area (Å²) in [4.78, 5) is 0. The van der Waals surface area contributed by atoms with Crippen molar-refractivity contribution in [3.63, 3.8) is 0 Å². The van der Waals surface area contributed by atoms with E-state index in [4.69, 9.17) is 10.9 Å². The molecule has 1 saturated carbocycles. The second-order valence-electron chi connectivity index (χ2n) is 3.91. The maximum Gasteiger partial charge on any atom is 0.140 e. The molecular formula is C9H19N3O2. The first-order valence-corrected chi connectivity index (χ1v) is 5.05. The number of nitrogens with one attached hydrogen (secondary N) is 1. The molecule has 0 unspecified atom stereocenters. The lowest BCUT2D eigenvalue weighted by molar-refractivity contribution is 0.165. The first kappa shape index (κ1) is 11.3. The Balaban J connectivity index is 2.28. The third-order valence-electron chi connectivity index (χ3n) is 2.87. The highest BCUT2D eigenvalue weighted by Crippen LogP contribution is 2.28. The average Bonchev–Trinajstić information content (AvgIpc) is 2.67. The number of rotatable bonds is 5. The lowest BCUT2D eigenvalue weighted by atomic mass is 9.99. The van der Waals surface area contributed by atoms with Gasteiger partial charge < -0.3 is 21.4 Å². The van der Waals surface area contributed by atoms with Crippen LogP contribution in [-0.4, -0.2) is 34.8 Å². The summed E-state index contributed by atoms with van der Waals surface area (Å²) < 4.78 is 0. The van der Waals surface area contributed by atoms with E-state index in [2.05, 4.69) is 10.5 Å². The van der Waals surface area contributed by atoms with Crippen LogP contribution in [0.25, 0.3) is 0 Å². The van der Waals surface area contributed by atoms with E-state index in [-0.39, 0.29) is 18.0 Å². The Kier molecular flexibility index (Phi) is 4.16. The maximum absolute atomic E-state index is 9.27. The molecule has 0 saturated heterocycles. The fourth-order valence-corrected chi connectivity index (χ4v) is 1.95. The molecule has 0 aliphatic heterocycles. The predicted molar refractivity (Wildman–Crippen MR) is 54.3 cm³/mol. The minimum atomic E-state index is -0.115. The second-order valence-corrected chi connectivity index (χ2v) is 3.91. The highest BCUT2D eigenvalue weighted by molar-refractivity contribution is 5.79. The molecule has 0 spiro atoms. The van der Waals surface area contributed by atoms with Gasteiger partial charge in [-0.1, -0.05) is 18.0 Å². The average molecular weight is 201 g/mol. The first-order chi connectivity index (χ1) is 6.72. The Morgan fingerprint density at radius 1 is 1.43 bits per heavy atom. The fraction of sp³-hybridized carbons (Fsp3) is 0.889. The third-order valence-corrected chi connectivity index (χ3v) is 2.87. The molecule has 0 aromatic carbocycles. The molecule has 5 heteroatoms. The lowest BCUT2D eigenvalue weighted by Crippen LogP contribution is -2.47. The minimum absolute atomic E-state index is 0.115. The van der Waals surface area contributed by atoms with Gasteiger partial charge >= 0.3 is 0 Å². The van der Waals surface area contributed by atoms with Gasteiger partial charge in [0.1, 0.15) is 5.84 Å². The monoisotopic (exact) mass is 201 g/mol. The molecule has 0 amide bonds. The van der Waals surface area contributed by atoms with Crippen molar-refractivity contribution in [2.45, 2.75) is 37.6 Å². The number of amidine groups is 1. The molecule has 0 bridgehead atoms. The highest BCUT2D eigenvalue weighted by atomic mass is 16.4. The molecule has 0 radical (unpaired) electrons. The van der Waals surface area contributed by atoms with Gasteiger partial charge in [-0.15, -0.1) is 0 Å². The van der Waals surface area contributed by atoms with E-state index < -0.39 is 0 Å². The summed E-state index contributed by atoms with van der Waals surface area (Å²) in [6.45, 7) is 0.819. The van der Waals surface area contributed by atoms with Gasteiger partial charge in [0.25, 0.3) is 0 Å². The zero-order valence-electron chi connectivity index (χ0n) is 8.37. The summed E-state index contributed by atoms with van der Waals surface area (Å²) in [5.74, 6) is 0.226. The molecule has 1 rings (SSSR count). The van der Waals surface area contributed by atoms with Gasteiger partial charge in [-0.05, 0) is 12.8 Å². The molecule has 0 aromatic rings. The van der Waals surface area contributed by atoms with Crippen molar-refractivity contribution in [3.05, 3.63) is 0 Å². The van der Waals surface area contributed by atoms with Gasteiger partial charge in [0, 0.05) is 18.5 Å². The summed E-state index contributed by atoms with van der Waals surface area (Å²) in [6, 6.07) is 0. The highest BCUT2D eigenvalue weighted by Gasteiger charge is 2.32. The number of hydrogen-bond acceptors (Lipinski definition) is 4. The molecule has 0 heterocycles. The summed E-state index contributed by atoms with van der Waals surface area (Å²) >= 11 is 0. The van der Waals surface area contributed by atoms with E-state index in [1.54, 1.807) is 0 Å². The van der Waals surface area contributed by atoms with Crippen LogP contribution >= 0.6 is 0 Å². The molecule has 1 aliphatic carbocycles. The van der Waals surface area contributed by atoms with E-state index in [0.717, 1.165) is 25.7 Å². The number of nitrogens with two attached hydrogens (primary N) is 1. The van der Waals surface area contributed by atoms with Crippen molar-refractivity contribution in [2.24, 2.45) is 10.9 Å². The first-order valence-electron chi connectivity index (χ1n) is 5.05. The van der Waals surface area contributed by atoms with Crippen molar-refractivity contribution < 1.29 is 10.3 Å². The number of aliphatic hydroxyl groups excluding tert-OH is 1. The summed E-state index contributed by atoms with van der Waals surface area (Å²) in [5.41, 5.74) is 5.22. The summed E-state index contributed by atoms with van der Waals surface area (Å²) in [7, 11) is 0. The number of hydrogen-bond donors (Lipinski definition) is 4. The van der Waals surface area contributed by atoms with E-state index in [9.17, 15) is 5.11 Å². The van der Waals surface area contributed by atoms with Crippen molar-refractivity contribution in [3.8, 4) is 0 Å². The van der Waals surface area contributed by atoms with Gasteiger partial charge in [0.2, 0.25) is 0 Å². The second kappa shape index (κ2) is 5.17. The SMILES string of the molecule is NC(CCNC1(CO)CCCC1)=NO. The van der Waals surface area contributed by atoms with Gasteiger partial charge in [0.15, 0.2) is 0 Å². The molecule has 5 N–H and O–H groups in total. The molecule has 1 fully saturated rings. The third kappa shape index (κ3) is 2.85. The topological polar surface area (TPSA) is 90.9 Å². The minimum Gasteiger partial charge on any atom is -0.409 e. The normalized spacial score (nSPS) is 21.4. The summed E-state index contributed by atoms with van der Waals surface area (Å²) in [6.07, 6.45) is 4.87. The molecule has 0 atom stereocenters. The van der Waals surface area contributed by atoms with Gasteiger partial charge in [-0.2, -0.15) is 0 Å². The standard InChI is InChI=1S/C9H19N3O2/c10-8(12-14)3-6-11-9(7-13)4-1-2-5-9/h11,13-14H,1-7H2,(H2,10,12). The Morgan fingerprint density at radius 2 is 2.07 bits per heavy atom. The van der Waals surface area contributed by atoms with Crippen molar-refractivity contribution in [1.82, 2.24) is 5.32 Å². The summed E-state index contributed by atoms with van der Waals surface area (Å²) in [5, 5.41) is 23.8. The lowest BCUT2D eigenvalue weighted by Gasteiger charge is -2.27. The van der Waals surface area contributed by atoms with Crippen LogP contribution in [0.2, 0.25) is 0 Å². The fourth-order valence-electron chi connectivity index (χ4n) is 1.95. The predicted octanol–water partition coefficient (Wildman–Crippen LogP) is 0.0176. The number of oxime groups is 1. The van der Waals surface area contributed by atoms with Crippen LogP contribution in [0.4, 0.5) is 0 Å². The van der Waals surface area contributed by atoms with Crippen LogP contribution in [0.15, 0.2) is 5.16 Å². The Morgan fingerprint density at radius 3 is 2.57 bits per heavy atom. The van der Waals surface area contributed by atoms with Crippen LogP contribution in [0.1, 0.15) is 32.1 Å². The van der Waals surface area contributed by atoms with Crippen LogP contribution in [-0.2, 0) is 0 Å². The van der Waals surface area contributed by atoms with Crippen molar-refractivity contribution in [1.29, 1.82) is 0 Å². The Labute approximate surface area is 84.0 Å². The Bertz CT molecular complexity index is 200. The molecule has 14 heavy (non-hydrogen) atoms. The molecular weight excluding hydrogens is 182 g/mol. The van der Waals surface area contributed by atoms with Gasteiger partial charge in [-0.3, -0.25) is 0 Å². The van der Waals surface area contributed by atoms with Crippen molar-refractivity contribution >= 4 is 5.84 Å². The van der Waals surface area contributed by atoms with Gasteiger partial charge in [-0.25, -0.2) is 0 Å². The van der Waals surface area contributed by atoms with Crippen molar-refractivity contribution in [2.75, 3.05) is 13.2 Å². The number of nitrogens with zero attached hydrogens (tertiary/aromatic N) is 1. The van der Waals surface area contributed by atoms with Crippen LogP contribution in [0.3, 0.4) is 0 Å². The molecule has 5 nitrogen and oxygen atoms in total. The molecule has 82 valence electrons. The quantitative estimate of drug-likeness (QED) is 0.218. The maximum atomic E-state index is 9.27. The van der Waals surface area contributed by atoms with Crippen LogP contribution in [0, 0.1) is 0 Å². The zero-order valence-corrected chi connectivity index (χ0v) is 8.37. The van der Waals surface area contributed by atoms with E-state index in [1.165, 1.54) is 0 Å². The zero-order chi connectivity index (χ0) is 10.4. The largest absolute Gasteiger partial charge is 0.409 e. The van der Waals surface area contributed by atoms with E-state index >= 15 is 0 Å². The number of aliphatic hydroxyl groups is 1. The van der Waals surface area contributed by atoms with E-state index in [1.807, 2.05) is 0 Å². The van der Waals surface area contributed by atoms with Crippen LogP contribution in [0.5, 0.6) is 0 Å². The van der Waals surface area contributed by atoms with E-state index in [0.29, 0.717) is 13.0 Å². The molecule has 0 aromatic heterocycles.